The monoisotopic (exact) mass is 210 g/mol. The molecule has 2 aliphatic carbocycles. The maximum absolute atomic E-state index is 2.47. The summed E-state index contributed by atoms with van der Waals surface area (Å²) in [5, 5.41) is 0. The van der Waals surface area contributed by atoms with Crippen molar-refractivity contribution < 1.29 is 0 Å². The van der Waals surface area contributed by atoms with Gasteiger partial charge in [-0.3, -0.25) is 0 Å². The van der Waals surface area contributed by atoms with Crippen molar-refractivity contribution in [3.05, 3.63) is 0 Å². The second-order valence-electron chi connectivity index (χ2n) is 6.15. The largest absolute Gasteiger partial charge is 0.116 e. The van der Waals surface area contributed by atoms with Gasteiger partial charge in [-0.25, -0.2) is 0 Å². The van der Waals surface area contributed by atoms with Crippen molar-refractivity contribution in [3.63, 3.8) is 0 Å². The lowest BCUT2D eigenvalue weighted by Crippen LogP contribution is -2.48. The van der Waals surface area contributed by atoms with Gasteiger partial charge >= 0.3 is 0 Å². The molecule has 1 aliphatic heterocycles. The average Bonchev–Trinajstić information content (AvgIpc) is 2.06. The summed E-state index contributed by atoms with van der Waals surface area (Å²) in [6, 6.07) is 0. The molecule has 3 fully saturated rings. The number of hydrogen-bond donors (Lipinski definition) is 0. The third-order valence-corrected chi connectivity index (χ3v) is 6.99. The highest BCUT2D eigenvalue weighted by Gasteiger charge is 2.49. The van der Waals surface area contributed by atoms with Gasteiger partial charge in [-0.1, -0.05) is 13.8 Å². The van der Waals surface area contributed by atoms with Crippen LogP contribution in [0.25, 0.3) is 0 Å². The number of rotatable bonds is 1. The molecular weight excluding hydrogens is 187 g/mol. The first-order valence-electron chi connectivity index (χ1n) is 6.50. The quantitative estimate of drug-likeness (QED) is 0.576. The molecule has 1 saturated heterocycles. The first-order chi connectivity index (χ1) is 6.74. The summed E-state index contributed by atoms with van der Waals surface area (Å²) in [7, 11) is 1.31. The SMILES string of the molecule is CC1CC(C2CC3PC(C)CCC32)C1. The second kappa shape index (κ2) is 3.48. The lowest BCUT2D eigenvalue weighted by atomic mass is 9.57. The maximum Gasteiger partial charge on any atom is -0.0200 e. The molecule has 3 aliphatic rings. The smallest absolute Gasteiger partial charge is 0.0200 e. The highest BCUT2D eigenvalue weighted by Crippen LogP contribution is 2.59. The Morgan fingerprint density at radius 1 is 0.929 bits per heavy atom. The van der Waals surface area contributed by atoms with Gasteiger partial charge in [-0.2, -0.15) is 0 Å². The summed E-state index contributed by atoms with van der Waals surface area (Å²) in [6.07, 6.45) is 7.86. The van der Waals surface area contributed by atoms with Gasteiger partial charge in [0.05, 0.1) is 0 Å². The van der Waals surface area contributed by atoms with Crippen LogP contribution in [0.5, 0.6) is 0 Å². The third-order valence-electron chi connectivity index (χ3n) is 5.04. The van der Waals surface area contributed by atoms with E-state index in [0.717, 1.165) is 17.5 Å². The van der Waals surface area contributed by atoms with E-state index in [1.54, 1.807) is 32.1 Å². The molecule has 14 heavy (non-hydrogen) atoms. The minimum Gasteiger partial charge on any atom is -0.116 e. The van der Waals surface area contributed by atoms with Crippen LogP contribution in [0, 0.1) is 23.7 Å². The van der Waals surface area contributed by atoms with Crippen LogP contribution < -0.4 is 0 Å². The Morgan fingerprint density at radius 3 is 2.36 bits per heavy atom. The predicted octanol–water partition coefficient (Wildman–Crippen LogP) is 3.90. The van der Waals surface area contributed by atoms with Crippen LogP contribution in [0.2, 0.25) is 0 Å². The van der Waals surface area contributed by atoms with Gasteiger partial charge < -0.3 is 0 Å². The summed E-state index contributed by atoms with van der Waals surface area (Å²) >= 11 is 0. The third kappa shape index (κ3) is 1.45. The number of fused-ring (bicyclic) bond motifs is 1. The van der Waals surface area contributed by atoms with Crippen molar-refractivity contribution in [2.24, 2.45) is 23.7 Å². The normalized spacial score (nSPS) is 58.7. The molecule has 0 bridgehead atoms. The van der Waals surface area contributed by atoms with Crippen molar-refractivity contribution in [2.75, 3.05) is 0 Å². The summed E-state index contributed by atoms with van der Waals surface area (Å²) in [6.45, 7) is 4.89. The molecule has 3 rings (SSSR count). The molecule has 5 unspecified atom stereocenters. The average molecular weight is 210 g/mol. The Hall–Kier alpha value is 0.430. The van der Waals surface area contributed by atoms with E-state index in [1.165, 1.54) is 26.1 Å². The fourth-order valence-electron chi connectivity index (χ4n) is 4.10. The van der Waals surface area contributed by atoms with Crippen LogP contribution in [0.1, 0.15) is 46.0 Å². The van der Waals surface area contributed by atoms with E-state index < -0.39 is 0 Å². The summed E-state index contributed by atoms with van der Waals surface area (Å²) in [5.41, 5.74) is 2.25. The summed E-state index contributed by atoms with van der Waals surface area (Å²) in [4.78, 5) is 0. The van der Waals surface area contributed by atoms with Gasteiger partial charge in [0, 0.05) is 0 Å². The Bertz CT molecular complexity index is 217. The van der Waals surface area contributed by atoms with E-state index in [-0.39, 0.29) is 0 Å². The van der Waals surface area contributed by atoms with E-state index in [2.05, 4.69) is 13.8 Å². The minimum absolute atomic E-state index is 1.06. The van der Waals surface area contributed by atoms with Crippen molar-refractivity contribution in [1.29, 1.82) is 0 Å². The van der Waals surface area contributed by atoms with Crippen LogP contribution in [-0.4, -0.2) is 11.3 Å². The van der Waals surface area contributed by atoms with Gasteiger partial charge in [-0.05, 0) is 67.1 Å². The summed E-state index contributed by atoms with van der Waals surface area (Å²) < 4.78 is 0. The molecule has 80 valence electrons. The molecule has 0 nitrogen and oxygen atoms in total. The molecule has 1 heterocycles. The fraction of sp³-hybridized carbons (Fsp3) is 1.00. The first-order valence-corrected chi connectivity index (χ1v) is 7.65. The van der Waals surface area contributed by atoms with Crippen molar-refractivity contribution in [2.45, 2.75) is 57.3 Å². The van der Waals surface area contributed by atoms with Gasteiger partial charge in [0.15, 0.2) is 0 Å². The van der Waals surface area contributed by atoms with Crippen LogP contribution in [-0.2, 0) is 0 Å². The maximum atomic E-state index is 2.47. The zero-order valence-corrected chi connectivity index (χ0v) is 10.5. The Kier molecular flexibility index (Phi) is 2.39. The highest BCUT2D eigenvalue weighted by molar-refractivity contribution is 7.40. The molecule has 5 atom stereocenters. The topological polar surface area (TPSA) is 0 Å². The highest BCUT2D eigenvalue weighted by atomic mass is 31.1. The van der Waals surface area contributed by atoms with E-state index in [4.69, 9.17) is 0 Å². The van der Waals surface area contributed by atoms with E-state index in [1.807, 2.05) is 0 Å². The molecule has 0 aromatic carbocycles. The van der Waals surface area contributed by atoms with E-state index >= 15 is 0 Å². The molecule has 1 heteroatoms. The summed E-state index contributed by atoms with van der Waals surface area (Å²) in [5.74, 6) is 4.58. The van der Waals surface area contributed by atoms with Crippen molar-refractivity contribution >= 4 is 8.58 Å². The minimum atomic E-state index is 1.06. The zero-order valence-electron chi connectivity index (χ0n) is 9.50. The molecule has 0 amide bonds. The van der Waals surface area contributed by atoms with Crippen molar-refractivity contribution in [3.8, 4) is 0 Å². The second-order valence-corrected chi connectivity index (χ2v) is 8.21. The molecular formula is C13H23P. The zero-order chi connectivity index (χ0) is 9.71. The molecule has 2 saturated carbocycles. The lowest BCUT2D eigenvalue weighted by Gasteiger charge is -2.56. The number of hydrogen-bond acceptors (Lipinski definition) is 0. The molecule has 0 radical (unpaired) electrons. The first kappa shape index (κ1) is 9.64. The van der Waals surface area contributed by atoms with E-state index in [9.17, 15) is 0 Å². The van der Waals surface area contributed by atoms with Gasteiger partial charge in [-0.15, -0.1) is 8.58 Å². The lowest BCUT2D eigenvalue weighted by molar-refractivity contribution is 0.0232. The molecule has 0 aromatic rings. The van der Waals surface area contributed by atoms with Crippen LogP contribution in [0.3, 0.4) is 0 Å². The molecule has 0 N–H and O–H groups in total. The van der Waals surface area contributed by atoms with Crippen LogP contribution in [0.4, 0.5) is 0 Å². The Balaban J connectivity index is 1.55. The van der Waals surface area contributed by atoms with E-state index in [0.29, 0.717) is 0 Å². The molecule has 0 spiro atoms. The van der Waals surface area contributed by atoms with Crippen LogP contribution in [0.15, 0.2) is 0 Å². The van der Waals surface area contributed by atoms with Crippen LogP contribution >= 0.6 is 8.58 Å². The van der Waals surface area contributed by atoms with Gasteiger partial charge in [0.2, 0.25) is 0 Å². The van der Waals surface area contributed by atoms with Gasteiger partial charge in [0.1, 0.15) is 0 Å². The molecule has 0 aromatic heterocycles. The Morgan fingerprint density at radius 2 is 1.71 bits per heavy atom. The Labute approximate surface area is 90.0 Å². The van der Waals surface area contributed by atoms with Crippen molar-refractivity contribution in [1.82, 2.24) is 0 Å². The predicted molar refractivity (Wildman–Crippen MR) is 64.3 cm³/mol. The van der Waals surface area contributed by atoms with Gasteiger partial charge in [0.25, 0.3) is 0 Å². The standard InChI is InChI=1S/C13H23P/c1-8-5-10(6-8)12-7-13-11(12)4-3-9(2)14-13/h8-14H,3-7H2,1-2H3. The fourth-order valence-corrected chi connectivity index (χ4v) is 6.23.